The molecule has 8 nitrogen and oxygen atoms in total. The van der Waals surface area contributed by atoms with Gasteiger partial charge in [-0.05, 0) is 50.2 Å². The number of likely N-dealkylation sites (tertiary alicyclic amines) is 1. The topological polar surface area (TPSA) is 94.7 Å². The zero-order valence-corrected chi connectivity index (χ0v) is 16.7. The molecule has 29 heavy (non-hydrogen) atoms. The predicted octanol–water partition coefficient (Wildman–Crippen LogP) is 2.01. The van der Waals surface area contributed by atoms with Gasteiger partial charge in [0.05, 0.1) is 20.2 Å². The average Bonchev–Trinajstić information content (AvgIpc) is 3.40. The van der Waals surface area contributed by atoms with Crippen molar-refractivity contribution >= 4 is 23.3 Å². The molecule has 1 aromatic heterocycles. The van der Waals surface area contributed by atoms with Gasteiger partial charge in [0.25, 0.3) is 5.91 Å². The fraction of sp³-hybridized carbons (Fsp3) is 0.381. The third kappa shape index (κ3) is 5.45. The van der Waals surface area contributed by atoms with Crippen molar-refractivity contribution in [2.45, 2.75) is 12.8 Å². The molecule has 1 saturated heterocycles. The number of Topliss-reactive ketones (excluding diaryl/α,β-unsaturated/α-hetero) is 1. The third-order valence-electron chi connectivity index (χ3n) is 4.83. The highest BCUT2D eigenvalue weighted by molar-refractivity contribution is 6.01. The number of likely N-dealkylation sites (N-methyl/N-ethyl adjacent to an activating group) is 1. The van der Waals surface area contributed by atoms with E-state index in [2.05, 4.69) is 10.3 Å². The molecule has 1 aliphatic rings. The van der Waals surface area contributed by atoms with Crippen LogP contribution in [0.4, 0.5) is 5.69 Å². The van der Waals surface area contributed by atoms with Gasteiger partial charge in [-0.25, -0.2) is 0 Å². The highest BCUT2D eigenvalue weighted by Crippen LogP contribution is 2.15. The van der Waals surface area contributed by atoms with Crippen molar-refractivity contribution in [2.24, 2.45) is 0 Å². The van der Waals surface area contributed by atoms with Crippen molar-refractivity contribution in [3.63, 3.8) is 0 Å². The molecule has 2 aromatic rings. The zero-order valence-electron chi connectivity index (χ0n) is 16.7. The summed E-state index contributed by atoms with van der Waals surface area (Å²) < 4.78 is 5.09. The summed E-state index contributed by atoms with van der Waals surface area (Å²) in [5, 5.41) is 2.78. The van der Waals surface area contributed by atoms with Crippen molar-refractivity contribution in [3.05, 3.63) is 47.8 Å². The lowest BCUT2D eigenvalue weighted by atomic mass is 10.2. The largest absolute Gasteiger partial charge is 0.497 e. The number of benzene rings is 1. The van der Waals surface area contributed by atoms with Crippen LogP contribution in [0.5, 0.6) is 5.75 Å². The number of nitrogens with one attached hydrogen (secondary N) is 2. The van der Waals surface area contributed by atoms with Crippen LogP contribution in [-0.2, 0) is 4.79 Å². The van der Waals surface area contributed by atoms with Gasteiger partial charge in [0.2, 0.25) is 5.91 Å². The number of ether oxygens (including phenoxy) is 1. The molecule has 0 saturated carbocycles. The fourth-order valence-corrected chi connectivity index (χ4v) is 3.28. The molecule has 0 unspecified atom stereocenters. The van der Waals surface area contributed by atoms with Gasteiger partial charge in [0.1, 0.15) is 11.4 Å². The number of hydrogen-bond donors (Lipinski definition) is 2. The van der Waals surface area contributed by atoms with Crippen molar-refractivity contribution in [2.75, 3.05) is 45.7 Å². The second kappa shape index (κ2) is 9.38. The molecule has 0 spiro atoms. The van der Waals surface area contributed by atoms with Crippen molar-refractivity contribution in [3.8, 4) is 5.75 Å². The summed E-state index contributed by atoms with van der Waals surface area (Å²) in [4.78, 5) is 43.4. The van der Waals surface area contributed by atoms with E-state index in [1.54, 1.807) is 60.5 Å². The normalized spacial score (nSPS) is 13.6. The summed E-state index contributed by atoms with van der Waals surface area (Å²) in [7, 11) is 3.28. The number of rotatable bonds is 8. The Morgan fingerprint density at radius 3 is 2.48 bits per heavy atom. The molecule has 1 aliphatic heterocycles. The molecule has 0 aliphatic carbocycles. The summed E-state index contributed by atoms with van der Waals surface area (Å²) in [6.07, 6.45) is 3.58. The molecule has 1 fully saturated rings. The first kappa shape index (κ1) is 20.6. The van der Waals surface area contributed by atoms with Crippen LogP contribution in [0.1, 0.15) is 33.7 Å². The second-order valence-corrected chi connectivity index (χ2v) is 7.17. The van der Waals surface area contributed by atoms with Crippen molar-refractivity contribution in [1.29, 1.82) is 0 Å². The zero-order chi connectivity index (χ0) is 20.8. The highest BCUT2D eigenvalue weighted by Gasteiger charge is 2.22. The maximum absolute atomic E-state index is 12.5. The van der Waals surface area contributed by atoms with Crippen molar-refractivity contribution in [1.82, 2.24) is 14.8 Å². The van der Waals surface area contributed by atoms with Crippen LogP contribution in [0, 0.1) is 0 Å². The second-order valence-electron chi connectivity index (χ2n) is 7.17. The number of hydrogen-bond acceptors (Lipinski definition) is 5. The van der Waals surface area contributed by atoms with E-state index >= 15 is 0 Å². The molecular formula is C21H26N4O4. The van der Waals surface area contributed by atoms with Crippen LogP contribution in [0.3, 0.4) is 0 Å². The van der Waals surface area contributed by atoms with Gasteiger partial charge in [-0.3, -0.25) is 19.3 Å². The smallest absolute Gasteiger partial charge is 0.270 e. The third-order valence-corrected chi connectivity index (χ3v) is 4.83. The Kier molecular flexibility index (Phi) is 6.66. The monoisotopic (exact) mass is 398 g/mol. The lowest BCUT2D eigenvalue weighted by Gasteiger charge is -2.15. The number of aromatic amines is 1. The van der Waals surface area contributed by atoms with E-state index in [1.807, 2.05) is 0 Å². The molecule has 3 rings (SSSR count). The Balaban J connectivity index is 1.49. The maximum Gasteiger partial charge on any atom is 0.270 e. The number of ketones is 1. The van der Waals surface area contributed by atoms with Gasteiger partial charge in [-0.2, -0.15) is 0 Å². The Labute approximate surface area is 169 Å². The number of nitrogens with zero attached hydrogens (tertiary/aromatic N) is 2. The number of methoxy groups -OCH3 is 1. The molecule has 1 aromatic carbocycles. The first-order valence-corrected chi connectivity index (χ1v) is 9.59. The Bertz CT molecular complexity index is 869. The van der Waals surface area contributed by atoms with Crippen LogP contribution in [0.25, 0.3) is 0 Å². The number of anilines is 1. The number of carbonyl (C=O) groups excluding carboxylic acids is 3. The molecule has 0 radical (unpaired) electrons. The standard InChI is InChI=1S/C21H26N4O4/c1-24(14-20(27)23-16-5-7-17(29-2)8-6-16)13-19(26)15-11-18(22-12-15)21(28)25-9-3-4-10-25/h5-8,11-12,22H,3-4,9-10,13-14H2,1-2H3,(H,23,27). The molecule has 0 bridgehead atoms. The van der Waals surface area contributed by atoms with E-state index in [0.29, 0.717) is 22.7 Å². The number of amides is 2. The summed E-state index contributed by atoms with van der Waals surface area (Å²) >= 11 is 0. The molecule has 2 N–H and O–H groups in total. The average molecular weight is 398 g/mol. The summed E-state index contributed by atoms with van der Waals surface area (Å²) in [6, 6.07) is 8.61. The Hall–Kier alpha value is -3.13. The molecule has 0 atom stereocenters. The lowest BCUT2D eigenvalue weighted by Crippen LogP contribution is -2.34. The lowest BCUT2D eigenvalue weighted by molar-refractivity contribution is -0.116. The molecule has 154 valence electrons. The molecular weight excluding hydrogens is 372 g/mol. The summed E-state index contributed by atoms with van der Waals surface area (Å²) in [6.45, 7) is 1.66. The van der Waals surface area contributed by atoms with E-state index in [1.165, 1.54) is 0 Å². The molecule has 2 heterocycles. The van der Waals surface area contributed by atoms with Crippen molar-refractivity contribution < 1.29 is 19.1 Å². The molecule has 8 heteroatoms. The summed E-state index contributed by atoms with van der Waals surface area (Å²) in [5.41, 5.74) is 1.52. The highest BCUT2D eigenvalue weighted by atomic mass is 16.5. The van der Waals surface area contributed by atoms with Crippen LogP contribution in [0.2, 0.25) is 0 Å². The Morgan fingerprint density at radius 2 is 1.83 bits per heavy atom. The summed E-state index contributed by atoms with van der Waals surface area (Å²) in [5.74, 6) is 0.263. The fourth-order valence-electron chi connectivity index (χ4n) is 3.28. The van der Waals surface area contributed by atoms with E-state index in [-0.39, 0.29) is 30.7 Å². The number of carbonyl (C=O) groups is 3. The minimum atomic E-state index is -0.218. The van der Waals surface area contributed by atoms with E-state index in [0.717, 1.165) is 25.9 Å². The van der Waals surface area contributed by atoms with E-state index in [4.69, 9.17) is 4.74 Å². The maximum atomic E-state index is 12.5. The quantitative estimate of drug-likeness (QED) is 0.664. The first-order valence-electron chi connectivity index (χ1n) is 9.59. The van der Waals surface area contributed by atoms with Gasteiger partial charge < -0.3 is 19.9 Å². The van der Waals surface area contributed by atoms with Crippen LogP contribution < -0.4 is 10.1 Å². The van der Waals surface area contributed by atoms with Gasteiger partial charge in [-0.1, -0.05) is 0 Å². The number of H-pyrrole nitrogens is 1. The van der Waals surface area contributed by atoms with Crippen LogP contribution in [-0.4, -0.2) is 72.7 Å². The van der Waals surface area contributed by atoms with Gasteiger partial charge in [-0.15, -0.1) is 0 Å². The SMILES string of the molecule is COc1ccc(NC(=O)CN(C)CC(=O)c2c[nH]c(C(=O)N3CCCC3)c2)cc1. The van der Waals surface area contributed by atoms with E-state index in [9.17, 15) is 14.4 Å². The van der Waals surface area contributed by atoms with E-state index < -0.39 is 0 Å². The molecule has 2 amide bonds. The minimum absolute atomic E-state index is 0.0712. The predicted molar refractivity (Wildman–Crippen MR) is 109 cm³/mol. The van der Waals surface area contributed by atoms with Gasteiger partial charge in [0, 0.05) is 30.5 Å². The van der Waals surface area contributed by atoms with Gasteiger partial charge in [0.15, 0.2) is 5.78 Å². The Morgan fingerprint density at radius 1 is 1.14 bits per heavy atom. The number of aromatic nitrogens is 1. The van der Waals surface area contributed by atoms with Crippen LogP contribution in [0.15, 0.2) is 36.5 Å². The van der Waals surface area contributed by atoms with Gasteiger partial charge >= 0.3 is 0 Å². The minimum Gasteiger partial charge on any atom is -0.497 e. The van der Waals surface area contributed by atoms with Crippen LogP contribution >= 0.6 is 0 Å². The first-order chi connectivity index (χ1) is 14.0.